The zero-order chi connectivity index (χ0) is 17.2. The second kappa shape index (κ2) is 5.74. The molecule has 0 spiro atoms. The predicted molar refractivity (Wildman–Crippen MR) is 86.4 cm³/mol. The number of benzene rings is 1. The van der Waals surface area contributed by atoms with E-state index in [1.165, 1.54) is 0 Å². The molecule has 0 aliphatic carbocycles. The van der Waals surface area contributed by atoms with Crippen LogP contribution >= 0.6 is 7.37 Å². The second-order valence-electron chi connectivity index (χ2n) is 6.99. The summed E-state index contributed by atoms with van der Waals surface area (Å²) in [6, 6.07) is 8.95. The monoisotopic (exact) mass is 294 g/mol. The van der Waals surface area contributed by atoms with Gasteiger partial charge in [-0.3, -0.25) is 4.57 Å². The van der Waals surface area contributed by atoms with Crippen molar-refractivity contribution in [2.75, 3.05) is 0 Å². The summed E-state index contributed by atoms with van der Waals surface area (Å²) >= 11 is 0. The summed E-state index contributed by atoms with van der Waals surface area (Å²) in [4.78, 5) is 4.74. The molecule has 1 aromatic rings. The van der Waals surface area contributed by atoms with Gasteiger partial charge in [0.25, 0.3) is 7.37 Å². The van der Waals surface area contributed by atoms with E-state index in [4.69, 9.17) is 7.70 Å². The molecular formula is C17H25O2P. The Labute approximate surface area is 125 Å². The fourth-order valence-corrected chi connectivity index (χ4v) is 3.61. The summed E-state index contributed by atoms with van der Waals surface area (Å²) in [6.45, 7) is 11.4. The minimum Gasteiger partial charge on any atom is -0.338 e. The van der Waals surface area contributed by atoms with Crippen LogP contribution in [0.15, 0.2) is 47.4 Å². The Morgan fingerprint density at radius 1 is 1.25 bits per heavy atom. The highest BCUT2D eigenvalue weighted by molar-refractivity contribution is 7.70. The molecule has 110 valence electrons. The molecule has 2 nitrogen and oxygen atoms in total. The molecule has 0 aliphatic rings. The molecular weight excluding hydrogens is 267 g/mol. The van der Waals surface area contributed by atoms with Crippen molar-refractivity contribution in [1.82, 2.24) is 0 Å². The van der Waals surface area contributed by atoms with Crippen LogP contribution in [-0.2, 0) is 4.57 Å². The van der Waals surface area contributed by atoms with Gasteiger partial charge in [0, 0.05) is 10.7 Å². The molecule has 1 N–H and O–H groups in total. The standard InChI is InChI=1S/C17H25O2P/c1-16(2,3)13-12-15(17(4,5)6)20(18,19)14-10-8-7-9-11-14/h7-11,13H,1-6H3,(H,18,19)/i13D/hD. The first-order valence-electron chi connectivity index (χ1n) is 7.63. The SMILES string of the molecule is [2H]OP(=O)(C(=C=C([2H])C(C)(C)C)C(C)(C)C)c1ccccc1. The van der Waals surface area contributed by atoms with Gasteiger partial charge in [-0.2, -0.15) is 0 Å². The van der Waals surface area contributed by atoms with Crippen molar-refractivity contribution >= 4 is 12.7 Å². The molecule has 0 heterocycles. The zero-order valence-electron chi connectivity index (χ0n) is 15.2. The average molecular weight is 294 g/mol. The quantitative estimate of drug-likeness (QED) is 0.647. The molecule has 0 saturated carbocycles. The fraction of sp³-hybridized carbons (Fsp3) is 0.471. The molecule has 20 heavy (non-hydrogen) atoms. The van der Waals surface area contributed by atoms with Crippen molar-refractivity contribution in [2.45, 2.75) is 41.5 Å². The molecule has 0 aromatic heterocycles. The third kappa shape index (κ3) is 4.49. The Balaban J connectivity index is 3.73. The van der Waals surface area contributed by atoms with Crippen molar-refractivity contribution in [2.24, 2.45) is 10.8 Å². The van der Waals surface area contributed by atoms with Gasteiger partial charge < -0.3 is 4.90 Å². The molecule has 3 heteroatoms. The fourth-order valence-electron chi connectivity index (χ4n) is 1.70. The predicted octanol–water partition coefficient (Wildman–Crippen LogP) is 4.71. The second-order valence-corrected chi connectivity index (χ2v) is 9.05. The van der Waals surface area contributed by atoms with Crippen LogP contribution in [0, 0.1) is 10.8 Å². The molecule has 0 radical (unpaired) electrons. The third-order valence-corrected chi connectivity index (χ3v) is 5.01. The third-order valence-electron chi connectivity index (χ3n) is 2.66. The van der Waals surface area contributed by atoms with Gasteiger partial charge in [0.1, 0.15) is 0 Å². The lowest BCUT2D eigenvalue weighted by Gasteiger charge is -2.26. The normalized spacial score (nSPS) is 16.5. The van der Waals surface area contributed by atoms with E-state index in [9.17, 15) is 4.57 Å². The number of allylic oxidation sites excluding steroid dienone is 1. The van der Waals surface area contributed by atoms with E-state index in [-0.39, 0.29) is 6.05 Å². The molecule has 0 saturated heterocycles. The van der Waals surface area contributed by atoms with Crippen LogP contribution in [0.1, 0.15) is 42.9 Å². The van der Waals surface area contributed by atoms with E-state index in [0.29, 0.717) is 10.6 Å². The lowest BCUT2D eigenvalue weighted by atomic mass is 9.93. The number of hydrogen-bond acceptors (Lipinski definition) is 2. The van der Waals surface area contributed by atoms with E-state index in [0.717, 1.165) is 0 Å². The summed E-state index contributed by atoms with van der Waals surface area (Å²) < 4.78 is 29.0. The maximum Gasteiger partial charge on any atom is 0.262 e. The van der Waals surface area contributed by atoms with E-state index >= 15 is 0 Å². The van der Waals surface area contributed by atoms with Gasteiger partial charge in [0.2, 0.25) is 1.43 Å². The van der Waals surface area contributed by atoms with Crippen molar-refractivity contribution in [3.8, 4) is 0 Å². The van der Waals surface area contributed by atoms with Gasteiger partial charge in [0.15, 0.2) is 0 Å². The smallest absolute Gasteiger partial charge is 0.262 e. The van der Waals surface area contributed by atoms with Crippen LogP contribution in [0.5, 0.6) is 0 Å². The van der Waals surface area contributed by atoms with Gasteiger partial charge in [-0.25, -0.2) is 0 Å². The Kier molecular flexibility index (Phi) is 3.98. The summed E-state index contributed by atoms with van der Waals surface area (Å²) in [5.41, 5.74) is 2.02. The molecule has 0 aliphatic heterocycles. The lowest BCUT2D eigenvalue weighted by molar-refractivity contribution is 0.463. The van der Waals surface area contributed by atoms with Gasteiger partial charge in [0.05, 0.1) is 6.68 Å². The minimum atomic E-state index is -3.58. The minimum absolute atomic E-state index is 0.241. The summed E-state index contributed by atoms with van der Waals surface area (Å²) in [5, 5.41) is 0.810. The van der Waals surface area contributed by atoms with Crippen LogP contribution < -0.4 is 5.30 Å². The van der Waals surface area contributed by atoms with Crippen molar-refractivity contribution in [3.63, 3.8) is 0 Å². The maximum absolute atomic E-state index is 13.4. The van der Waals surface area contributed by atoms with Crippen LogP contribution in [0.2, 0.25) is 0 Å². The Bertz CT molecular complexity index is 631. The number of rotatable bonds is 3. The molecule has 0 amide bonds. The van der Waals surface area contributed by atoms with Gasteiger partial charge in [-0.15, -0.1) is 5.73 Å². The molecule has 1 unspecified atom stereocenters. The van der Waals surface area contributed by atoms with Crippen LogP contribution in [-0.4, -0.2) is 6.33 Å². The first-order chi connectivity index (χ1) is 9.93. The molecule has 1 atom stereocenters. The Hall–Kier alpha value is -1.07. The van der Waals surface area contributed by atoms with Gasteiger partial charge in [-0.05, 0) is 23.6 Å². The topological polar surface area (TPSA) is 37.3 Å². The van der Waals surface area contributed by atoms with E-state index < -0.39 is 18.2 Å². The summed E-state index contributed by atoms with van der Waals surface area (Å²) in [5.74, 6) is 0. The highest BCUT2D eigenvalue weighted by Crippen LogP contribution is 2.55. The highest BCUT2D eigenvalue weighted by atomic mass is 31.2. The average Bonchev–Trinajstić information content (AvgIpc) is 2.42. The number of hydrogen-bond donors (Lipinski definition) is 1. The zero-order valence-corrected chi connectivity index (χ0v) is 14.0. The Morgan fingerprint density at radius 2 is 1.80 bits per heavy atom. The van der Waals surface area contributed by atoms with Crippen LogP contribution in [0.4, 0.5) is 0 Å². The van der Waals surface area contributed by atoms with E-state index in [1.54, 1.807) is 24.3 Å². The molecule has 1 rings (SSSR count). The summed E-state index contributed by atoms with van der Waals surface area (Å²) in [6.07, 6.45) is 0. The Morgan fingerprint density at radius 3 is 2.20 bits per heavy atom. The summed E-state index contributed by atoms with van der Waals surface area (Å²) in [7, 11) is -3.58. The molecule has 1 aromatic carbocycles. The van der Waals surface area contributed by atoms with Gasteiger partial charge in [-0.1, -0.05) is 59.7 Å². The van der Waals surface area contributed by atoms with Crippen molar-refractivity contribution in [1.29, 1.82) is 1.43 Å². The largest absolute Gasteiger partial charge is 0.338 e. The molecule has 0 bridgehead atoms. The molecule has 0 fully saturated rings. The van der Waals surface area contributed by atoms with Crippen molar-refractivity contribution < 1.29 is 10.8 Å². The van der Waals surface area contributed by atoms with Crippen molar-refractivity contribution in [3.05, 3.63) is 47.4 Å². The van der Waals surface area contributed by atoms with E-state index in [2.05, 4.69) is 5.73 Å². The first-order valence-corrected chi connectivity index (χ1v) is 8.35. The van der Waals surface area contributed by atoms with Crippen LogP contribution in [0.3, 0.4) is 0 Å². The highest BCUT2D eigenvalue weighted by Gasteiger charge is 2.35. The van der Waals surface area contributed by atoms with E-state index in [1.807, 2.05) is 47.6 Å². The van der Waals surface area contributed by atoms with Crippen LogP contribution in [0.25, 0.3) is 0 Å². The van der Waals surface area contributed by atoms with Gasteiger partial charge >= 0.3 is 0 Å². The first kappa shape index (κ1) is 13.9. The lowest BCUT2D eigenvalue weighted by Crippen LogP contribution is -2.15. The maximum atomic E-state index is 13.4.